The van der Waals surface area contributed by atoms with Gasteiger partial charge in [0, 0.05) is 0 Å². The van der Waals surface area contributed by atoms with Gasteiger partial charge >= 0.3 is 11.9 Å². The van der Waals surface area contributed by atoms with Crippen molar-refractivity contribution in [3.05, 3.63) is 0 Å². The highest BCUT2D eigenvalue weighted by Gasteiger charge is 2.45. The molecule has 0 atom stereocenters. The Hall–Kier alpha value is -1.06. The molecule has 0 unspecified atom stereocenters. The zero-order valence-electron chi connectivity index (χ0n) is 8.20. The van der Waals surface area contributed by atoms with Crippen LogP contribution in [-0.4, -0.2) is 22.2 Å². The van der Waals surface area contributed by atoms with Gasteiger partial charge in [-0.25, -0.2) is 0 Å². The van der Waals surface area contributed by atoms with Crippen LogP contribution in [0.3, 0.4) is 0 Å². The normalized spacial score (nSPS) is 11.7. The average Bonchev–Trinajstić information content (AvgIpc) is 1.98. The molecular weight excluding hydrogens is 172 g/mol. The van der Waals surface area contributed by atoms with Gasteiger partial charge in [0.2, 0.25) is 0 Å². The van der Waals surface area contributed by atoms with Crippen molar-refractivity contribution < 1.29 is 19.8 Å². The third kappa shape index (κ3) is 2.44. The Morgan fingerprint density at radius 2 is 1.62 bits per heavy atom. The summed E-state index contributed by atoms with van der Waals surface area (Å²) < 4.78 is 0. The molecule has 0 aliphatic carbocycles. The van der Waals surface area contributed by atoms with Gasteiger partial charge in [0.15, 0.2) is 5.41 Å². The molecule has 0 aromatic carbocycles. The predicted molar refractivity (Wildman–Crippen MR) is 47.5 cm³/mol. The number of rotatable bonds is 5. The van der Waals surface area contributed by atoms with Crippen molar-refractivity contribution in [2.24, 2.45) is 11.3 Å². The zero-order chi connectivity index (χ0) is 10.6. The second-order valence-electron chi connectivity index (χ2n) is 3.64. The summed E-state index contributed by atoms with van der Waals surface area (Å²) in [5, 5.41) is 17.7. The van der Waals surface area contributed by atoms with Crippen molar-refractivity contribution in [1.82, 2.24) is 0 Å². The van der Waals surface area contributed by atoms with Crippen molar-refractivity contribution in [3.8, 4) is 0 Å². The number of hydrogen-bond acceptors (Lipinski definition) is 2. The van der Waals surface area contributed by atoms with Crippen molar-refractivity contribution >= 4 is 11.9 Å². The minimum Gasteiger partial charge on any atom is -0.480 e. The Morgan fingerprint density at radius 3 is 1.69 bits per heavy atom. The quantitative estimate of drug-likeness (QED) is 0.642. The molecule has 0 rings (SSSR count). The van der Waals surface area contributed by atoms with Crippen LogP contribution in [0.2, 0.25) is 0 Å². The van der Waals surface area contributed by atoms with E-state index >= 15 is 0 Å². The van der Waals surface area contributed by atoms with E-state index in [0.29, 0.717) is 0 Å². The molecule has 0 heterocycles. The van der Waals surface area contributed by atoms with Gasteiger partial charge in [0.25, 0.3) is 0 Å². The minimum absolute atomic E-state index is 0.0622. The number of carbonyl (C=O) groups is 2. The third-order valence-corrected chi connectivity index (χ3v) is 2.18. The monoisotopic (exact) mass is 188 g/mol. The number of aliphatic carboxylic acids is 2. The van der Waals surface area contributed by atoms with E-state index in [1.54, 1.807) is 6.92 Å². The van der Waals surface area contributed by atoms with E-state index in [1.807, 2.05) is 13.8 Å². The van der Waals surface area contributed by atoms with Crippen molar-refractivity contribution in [2.75, 3.05) is 0 Å². The fraction of sp³-hybridized carbons (Fsp3) is 0.778. The first-order chi connectivity index (χ1) is 5.86. The summed E-state index contributed by atoms with van der Waals surface area (Å²) in [7, 11) is 0. The molecular formula is C9H16O4. The second-order valence-corrected chi connectivity index (χ2v) is 3.64. The van der Waals surface area contributed by atoms with Gasteiger partial charge in [-0.2, -0.15) is 0 Å². The highest BCUT2D eigenvalue weighted by molar-refractivity contribution is 5.98. The van der Waals surface area contributed by atoms with Gasteiger partial charge in [0.05, 0.1) is 0 Å². The lowest BCUT2D eigenvalue weighted by Gasteiger charge is -2.24. The molecule has 0 fully saturated rings. The first-order valence-corrected chi connectivity index (χ1v) is 4.33. The minimum atomic E-state index is -1.60. The van der Waals surface area contributed by atoms with Crippen molar-refractivity contribution in [2.45, 2.75) is 33.6 Å². The first-order valence-electron chi connectivity index (χ1n) is 4.33. The fourth-order valence-corrected chi connectivity index (χ4v) is 1.41. The van der Waals surface area contributed by atoms with Gasteiger partial charge in [-0.15, -0.1) is 0 Å². The summed E-state index contributed by atoms with van der Waals surface area (Å²) in [6.07, 6.45) is 0.296. The second kappa shape index (κ2) is 4.25. The SMILES string of the molecule is CCC(CC(C)C)(C(=O)O)C(=O)O. The Bertz CT molecular complexity index is 194. The maximum Gasteiger partial charge on any atom is 0.321 e. The smallest absolute Gasteiger partial charge is 0.321 e. The molecule has 0 amide bonds. The van der Waals surface area contributed by atoms with E-state index in [0.717, 1.165) is 0 Å². The van der Waals surface area contributed by atoms with Gasteiger partial charge in [-0.1, -0.05) is 20.8 Å². The van der Waals surface area contributed by atoms with Crippen LogP contribution >= 0.6 is 0 Å². The summed E-state index contributed by atoms with van der Waals surface area (Å²) in [5.74, 6) is -2.42. The van der Waals surface area contributed by atoms with Crippen LogP contribution in [0.4, 0.5) is 0 Å². The molecule has 0 bridgehead atoms. The molecule has 0 aromatic rings. The Labute approximate surface area is 77.6 Å². The van der Waals surface area contributed by atoms with Crippen LogP contribution in [0, 0.1) is 11.3 Å². The van der Waals surface area contributed by atoms with Gasteiger partial charge < -0.3 is 10.2 Å². The molecule has 13 heavy (non-hydrogen) atoms. The van der Waals surface area contributed by atoms with Crippen LogP contribution in [0.25, 0.3) is 0 Å². The summed E-state index contributed by atoms with van der Waals surface area (Å²) in [5.41, 5.74) is -1.60. The lowest BCUT2D eigenvalue weighted by Crippen LogP contribution is -2.39. The molecule has 4 nitrogen and oxygen atoms in total. The fourth-order valence-electron chi connectivity index (χ4n) is 1.41. The summed E-state index contributed by atoms with van der Waals surface area (Å²) in [4.78, 5) is 21.7. The largest absolute Gasteiger partial charge is 0.480 e. The molecule has 0 radical (unpaired) electrons. The molecule has 0 spiro atoms. The summed E-state index contributed by atoms with van der Waals surface area (Å²) >= 11 is 0. The van der Waals surface area contributed by atoms with E-state index in [2.05, 4.69) is 0 Å². The van der Waals surface area contributed by atoms with Crippen LogP contribution in [0.5, 0.6) is 0 Å². The Morgan fingerprint density at radius 1 is 1.23 bits per heavy atom. The lowest BCUT2D eigenvalue weighted by molar-refractivity contribution is -0.166. The lowest BCUT2D eigenvalue weighted by atomic mass is 9.78. The third-order valence-electron chi connectivity index (χ3n) is 2.18. The molecule has 0 saturated heterocycles. The van der Waals surface area contributed by atoms with Crippen LogP contribution in [0.15, 0.2) is 0 Å². The van der Waals surface area contributed by atoms with Crippen molar-refractivity contribution in [3.63, 3.8) is 0 Å². The molecule has 76 valence electrons. The maximum absolute atomic E-state index is 10.8. The maximum atomic E-state index is 10.8. The van der Waals surface area contributed by atoms with Gasteiger partial charge in [-0.3, -0.25) is 9.59 Å². The predicted octanol–water partition coefficient (Wildman–Crippen LogP) is 1.60. The number of carboxylic acid groups (broad SMARTS) is 2. The molecule has 0 aliphatic rings. The van der Waals surface area contributed by atoms with E-state index in [1.165, 1.54) is 0 Å². The highest BCUT2D eigenvalue weighted by atomic mass is 16.4. The summed E-state index contributed by atoms with van der Waals surface area (Å²) in [6, 6.07) is 0. The van der Waals surface area contributed by atoms with Crippen LogP contribution in [0.1, 0.15) is 33.6 Å². The van der Waals surface area contributed by atoms with Crippen molar-refractivity contribution in [1.29, 1.82) is 0 Å². The molecule has 0 aromatic heterocycles. The average molecular weight is 188 g/mol. The Balaban J connectivity index is 4.87. The Kier molecular flexibility index (Phi) is 3.91. The molecule has 2 N–H and O–H groups in total. The summed E-state index contributed by atoms with van der Waals surface area (Å²) in [6.45, 7) is 5.22. The first kappa shape index (κ1) is 11.9. The van der Waals surface area contributed by atoms with E-state index in [9.17, 15) is 9.59 Å². The number of carboxylic acids is 2. The molecule has 4 heteroatoms. The number of hydrogen-bond donors (Lipinski definition) is 2. The highest BCUT2D eigenvalue weighted by Crippen LogP contribution is 2.31. The standard InChI is InChI=1S/C9H16O4/c1-4-9(7(10)11,8(12)13)5-6(2)3/h6H,4-5H2,1-3H3,(H,10,11)(H,12,13). The zero-order valence-corrected chi connectivity index (χ0v) is 8.20. The van der Waals surface area contributed by atoms with Crippen LogP contribution in [-0.2, 0) is 9.59 Å². The molecule has 0 aliphatic heterocycles. The molecule has 0 saturated carbocycles. The van der Waals surface area contributed by atoms with E-state index in [4.69, 9.17) is 10.2 Å². The van der Waals surface area contributed by atoms with E-state index < -0.39 is 17.4 Å². The van der Waals surface area contributed by atoms with Gasteiger partial charge in [-0.05, 0) is 18.8 Å². The van der Waals surface area contributed by atoms with Crippen LogP contribution < -0.4 is 0 Å². The topological polar surface area (TPSA) is 74.6 Å². The van der Waals surface area contributed by atoms with Gasteiger partial charge in [0.1, 0.15) is 0 Å². The van der Waals surface area contributed by atoms with E-state index in [-0.39, 0.29) is 18.8 Å².